The molecule has 2 rings (SSSR count). The fourth-order valence-electron chi connectivity index (χ4n) is 1.49. The first-order valence-electron chi connectivity index (χ1n) is 5.58. The zero-order valence-corrected chi connectivity index (χ0v) is 10.1. The van der Waals surface area contributed by atoms with Crippen LogP contribution in [0.5, 0.6) is 0 Å². The highest BCUT2D eigenvalue weighted by Crippen LogP contribution is 2.19. The van der Waals surface area contributed by atoms with Gasteiger partial charge in [-0.1, -0.05) is 23.7 Å². The van der Waals surface area contributed by atoms with E-state index in [4.69, 9.17) is 16.7 Å². The minimum atomic E-state index is -0.881. The van der Waals surface area contributed by atoms with E-state index in [1.54, 1.807) is 18.2 Å². The summed E-state index contributed by atoms with van der Waals surface area (Å²) in [6.07, 6.45) is 3.97. The maximum absolute atomic E-state index is 11.1. The van der Waals surface area contributed by atoms with Gasteiger partial charge >= 0.3 is 5.97 Å². The molecule has 0 bridgehead atoms. The first kappa shape index (κ1) is 12.1. The Kier molecular flexibility index (Phi) is 3.82. The van der Waals surface area contributed by atoms with Crippen LogP contribution in [0.3, 0.4) is 0 Å². The number of carboxylic acid groups (broad SMARTS) is 1. The number of hydrogen-bond acceptors (Lipinski definition) is 2. The van der Waals surface area contributed by atoms with Crippen LogP contribution in [0.1, 0.15) is 18.4 Å². The SMILES string of the molecule is O=C(O)C(=Cc1ccc(Cl)cc1)CNC1CC1. The number of benzene rings is 1. The van der Waals surface area contributed by atoms with Crippen LogP contribution in [-0.4, -0.2) is 23.7 Å². The maximum Gasteiger partial charge on any atom is 0.332 e. The van der Waals surface area contributed by atoms with Gasteiger partial charge in [0.2, 0.25) is 0 Å². The zero-order valence-electron chi connectivity index (χ0n) is 9.32. The summed E-state index contributed by atoms with van der Waals surface area (Å²) in [4.78, 5) is 11.1. The predicted molar refractivity (Wildman–Crippen MR) is 68.1 cm³/mol. The predicted octanol–water partition coefficient (Wildman–Crippen LogP) is 2.56. The van der Waals surface area contributed by atoms with Gasteiger partial charge in [0.25, 0.3) is 0 Å². The van der Waals surface area contributed by atoms with Gasteiger partial charge < -0.3 is 10.4 Å². The monoisotopic (exact) mass is 251 g/mol. The molecule has 0 aromatic heterocycles. The van der Waals surface area contributed by atoms with E-state index < -0.39 is 5.97 Å². The lowest BCUT2D eigenvalue weighted by molar-refractivity contribution is -0.132. The maximum atomic E-state index is 11.1. The molecule has 0 atom stereocenters. The van der Waals surface area contributed by atoms with Crippen molar-refractivity contribution in [2.45, 2.75) is 18.9 Å². The number of rotatable bonds is 5. The van der Waals surface area contributed by atoms with Crippen LogP contribution in [0.25, 0.3) is 6.08 Å². The summed E-state index contributed by atoms with van der Waals surface area (Å²) >= 11 is 5.77. The summed E-state index contributed by atoms with van der Waals surface area (Å²) in [7, 11) is 0. The molecule has 4 heteroatoms. The molecule has 1 saturated carbocycles. The van der Waals surface area contributed by atoms with Crippen molar-refractivity contribution in [1.82, 2.24) is 5.32 Å². The van der Waals surface area contributed by atoms with Gasteiger partial charge in [-0.05, 0) is 36.6 Å². The highest BCUT2D eigenvalue weighted by atomic mass is 35.5. The average Bonchev–Trinajstić information content (AvgIpc) is 3.10. The molecule has 1 fully saturated rings. The first-order chi connectivity index (χ1) is 8.15. The van der Waals surface area contributed by atoms with Gasteiger partial charge in [0, 0.05) is 17.6 Å². The lowest BCUT2D eigenvalue weighted by Crippen LogP contribution is -2.22. The molecule has 0 aliphatic heterocycles. The number of carboxylic acids is 1. The largest absolute Gasteiger partial charge is 0.478 e. The van der Waals surface area contributed by atoms with E-state index in [2.05, 4.69) is 5.32 Å². The van der Waals surface area contributed by atoms with E-state index >= 15 is 0 Å². The molecule has 0 spiro atoms. The van der Waals surface area contributed by atoms with Crippen molar-refractivity contribution >= 4 is 23.6 Å². The third-order valence-corrected chi connectivity index (χ3v) is 2.90. The third kappa shape index (κ3) is 3.88. The smallest absolute Gasteiger partial charge is 0.332 e. The van der Waals surface area contributed by atoms with Gasteiger partial charge in [-0.25, -0.2) is 4.79 Å². The number of aliphatic carboxylic acids is 1. The minimum absolute atomic E-state index is 0.374. The highest BCUT2D eigenvalue weighted by Gasteiger charge is 2.21. The summed E-state index contributed by atoms with van der Waals surface area (Å²) in [5.41, 5.74) is 1.23. The van der Waals surface area contributed by atoms with Crippen molar-refractivity contribution in [3.05, 3.63) is 40.4 Å². The van der Waals surface area contributed by atoms with Gasteiger partial charge in [-0.3, -0.25) is 0 Å². The lowest BCUT2D eigenvalue weighted by Gasteiger charge is -2.04. The molecule has 0 heterocycles. The molecule has 0 saturated heterocycles. The highest BCUT2D eigenvalue weighted by molar-refractivity contribution is 6.30. The topological polar surface area (TPSA) is 49.3 Å². The zero-order chi connectivity index (χ0) is 12.3. The van der Waals surface area contributed by atoms with Crippen LogP contribution in [0.2, 0.25) is 5.02 Å². The molecule has 2 N–H and O–H groups in total. The van der Waals surface area contributed by atoms with Crippen molar-refractivity contribution in [3.63, 3.8) is 0 Å². The van der Waals surface area contributed by atoms with Crippen molar-refractivity contribution in [3.8, 4) is 0 Å². The lowest BCUT2D eigenvalue weighted by atomic mass is 10.1. The standard InChI is InChI=1S/C13H14ClNO2/c14-11-3-1-9(2-4-11)7-10(13(16)17)8-15-12-5-6-12/h1-4,7,12,15H,5-6,8H2,(H,16,17). The Morgan fingerprint density at radius 2 is 2.06 bits per heavy atom. The molecular formula is C13H14ClNO2. The Bertz CT molecular complexity index is 435. The Balaban J connectivity index is 2.07. The quantitative estimate of drug-likeness (QED) is 0.791. The molecule has 17 heavy (non-hydrogen) atoms. The second-order valence-electron chi connectivity index (χ2n) is 4.18. The molecule has 90 valence electrons. The molecule has 0 radical (unpaired) electrons. The van der Waals surface area contributed by atoms with Gasteiger partial charge in [0.05, 0.1) is 5.57 Å². The van der Waals surface area contributed by atoms with E-state index in [0.717, 1.165) is 18.4 Å². The fourth-order valence-corrected chi connectivity index (χ4v) is 1.62. The van der Waals surface area contributed by atoms with E-state index in [1.807, 2.05) is 12.1 Å². The summed E-state index contributed by atoms with van der Waals surface area (Å²) in [6, 6.07) is 7.62. The van der Waals surface area contributed by atoms with E-state index in [1.165, 1.54) is 0 Å². The number of halogens is 1. The van der Waals surface area contributed by atoms with Crippen LogP contribution < -0.4 is 5.32 Å². The van der Waals surface area contributed by atoms with E-state index in [9.17, 15) is 4.79 Å². The molecule has 1 aromatic rings. The summed E-state index contributed by atoms with van der Waals surface area (Å²) in [5, 5.41) is 12.9. The molecule has 1 aliphatic rings. The van der Waals surface area contributed by atoms with E-state index in [0.29, 0.717) is 23.2 Å². The van der Waals surface area contributed by atoms with Gasteiger partial charge in [0.1, 0.15) is 0 Å². The van der Waals surface area contributed by atoms with Gasteiger partial charge in [-0.2, -0.15) is 0 Å². The normalized spacial score (nSPS) is 15.9. The van der Waals surface area contributed by atoms with Crippen LogP contribution >= 0.6 is 11.6 Å². The van der Waals surface area contributed by atoms with Crippen molar-refractivity contribution < 1.29 is 9.90 Å². The first-order valence-corrected chi connectivity index (χ1v) is 5.96. The Morgan fingerprint density at radius 1 is 1.41 bits per heavy atom. The van der Waals surface area contributed by atoms with Crippen LogP contribution in [-0.2, 0) is 4.79 Å². The summed E-state index contributed by atoms with van der Waals surface area (Å²) in [6.45, 7) is 0.405. The third-order valence-electron chi connectivity index (χ3n) is 2.64. The molecule has 3 nitrogen and oxygen atoms in total. The fraction of sp³-hybridized carbons (Fsp3) is 0.308. The molecular weight excluding hydrogens is 238 g/mol. The molecule has 0 unspecified atom stereocenters. The van der Waals surface area contributed by atoms with Crippen LogP contribution in [0.15, 0.2) is 29.8 Å². The number of hydrogen-bond donors (Lipinski definition) is 2. The second kappa shape index (κ2) is 5.34. The van der Waals surface area contributed by atoms with Gasteiger partial charge in [0.15, 0.2) is 0 Å². The minimum Gasteiger partial charge on any atom is -0.478 e. The van der Waals surface area contributed by atoms with Crippen LogP contribution in [0, 0.1) is 0 Å². The number of carbonyl (C=O) groups is 1. The van der Waals surface area contributed by atoms with Crippen LogP contribution in [0.4, 0.5) is 0 Å². The van der Waals surface area contributed by atoms with Crippen molar-refractivity contribution in [1.29, 1.82) is 0 Å². The second-order valence-corrected chi connectivity index (χ2v) is 4.62. The Morgan fingerprint density at radius 3 is 2.59 bits per heavy atom. The number of nitrogens with one attached hydrogen (secondary N) is 1. The Hall–Kier alpha value is -1.32. The molecule has 0 amide bonds. The molecule has 1 aromatic carbocycles. The average molecular weight is 252 g/mol. The van der Waals surface area contributed by atoms with Gasteiger partial charge in [-0.15, -0.1) is 0 Å². The molecule has 1 aliphatic carbocycles. The van der Waals surface area contributed by atoms with Crippen molar-refractivity contribution in [2.75, 3.05) is 6.54 Å². The Labute approximate surface area is 105 Å². The van der Waals surface area contributed by atoms with Crippen molar-refractivity contribution in [2.24, 2.45) is 0 Å². The summed E-state index contributed by atoms with van der Waals surface area (Å²) < 4.78 is 0. The summed E-state index contributed by atoms with van der Waals surface area (Å²) in [5.74, 6) is -0.881. The van der Waals surface area contributed by atoms with E-state index in [-0.39, 0.29) is 0 Å².